The molecule has 140 valence electrons. The molecule has 0 unspecified atom stereocenters. The number of methoxy groups -OCH3 is 1. The first-order valence-corrected chi connectivity index (χ1v) is 9.89. The van der Waals surface area contributed by atoms with E-state index in [4.69, 9.17) is 0 Å². The van der Waals surface area contributed by atoms with Gasteiger partial charge in [0.05, 0.1) is 23.5 Å². The lowest BCUT2D eigenvalue weighted by atomic mass is 10.3. The first kappa shape index (κ1) is 19.9. The summed E-state index contributed by atoms with van der Waals surface area (Å²) in [6.45, 7) is 2.07. The van der Waals surface area contributed by atoms with Crippen molar-refractivity contribution in [2.45, 2.75) is 24.8 Å². The maximum absolute atomic E-state index is 12.8. The molecule has 0 saturated carbocycles. The van der Waals surface area contributed by atoms with Crippen molar-refractivity contribution in [3.05, 3.63) is 50.5 Å². The van der Waals surface area contributed by atoms with E-state index in [1.54, 1.807) is 0 Å². The first-order valence-electron chi connectivity index (χ1n) is 7.57. The van der Waals surface area contributed by atoms with Gasteiger partial charge in [0.25, 0.3) is 5.69 Å². The minimum absolute atomic E-state index is 0.00514. The normalized spacial score (nSPS) is 11.5. The molecule has 0 aliphatic heterocycles. The summed E-state index contributed by atoms with van der Waals surface area (Å²) in [5.74, 6) is -0.590. The van der Waals surface area contributed by atoms with E-state index in [-0.39, 0.29) is 29.4 Å². The second-order valence-electron chi connectivity index (χ2n) is 5.21. The summed E-state index contributed by atoms with van der Waals surface area (Å²) in [6.07, 6.45) is 0.571. The maximum Gasteiger partial charge on any atom is 0.357 e. The van der Waals surface area contributed by atoms with Crippen LogP contribution in [0.3, 0.4) is 0 Å². The molecule has 0 saturated heterocycles. The monoisotopic (exact) mass is 399 g/mol. The summed E-state index contributed by atoms with van der Waals surface area (Å²) < 4.78 is 31.5. The van der Waals surface area contributed by atoms with Gasteiger partial charge in [-0.1, -0.05) is 6.92 Å². The number of non-ortho nitro benzene ring substituents is 1. The SMILES string of the molecule is CCCN(Cc1nc(C(=O)OC)cs1)S(=O)(=O)c1ccc([N+](=O)[O-])cc1. The van der Waals surface area contributed by atoms with E-state index in [0.29, 0.717) is 11.4 Å². The molecule has 0 bridgehead atoms. The topological polar surface area (TPSA) is 120 Å². The zero-order valence-electron chi connectivity index (χ0n) is 14.1. The number of thiazole rings is 1. The molecule has 0 aliphatic rings. The first-order chi connectivity index (χ1) is 12.3. The van der Waals surface area contributed by atoms with Gasteiger partial charge < -0.3 is 4.74 Å². The van der Waals surface area contributed by atoms with Gasteiger partial charge >= 0.3 is 5.97 Å². The van der Waals surface area contributed by atoms with Crippen molar-refractivity contribution < 1.29 is 22.9 Å². The lowest BCUT2D eigenvalue weighted by molar-refractivity contribution is -0.384. The van der Waals surface area contributed by atoms with Gasteiger partial charge in [-0.15, -0.1) is 11.3 Å². The number of ether oxygens (including phenoxy) is 1. The smallest absolute Gasteiger partial charge is 0.357 e. The number of carbonyl (C=O) groups is 1. The number of aromatic nitrogens is 1. The third kappa shape index (κ3) is 4.42. The third-order valence-electron chi connectivity index (χ3n) is 3.42. The second-order valence-corrected chi connectivity index (χ2v) is 8.09. The van der Waals surface area contributed by atoms with Gasteiger partial charge in [-0.2, -0.15) is 4.31 Å². The van der Waals surface area contributed by atoms with E-state index in [2.05, 4.69) is 9.72 Å². The summed E-state index contributed by atoms with van der Waals surface area (Å²) in [5.41, 5.74) is -0.0645. The van der Waals surface area contributed by atoms with Crippen LogP contribution in [0.1, 0.15) is 28.8 Å². The predicted molar refractivity (Wildman–Crippen MR) is 94.4 cm³/mol. The van der Waals surface area contributed by atoms with Gasteiger partial charge in [0.1, 0.15) is 5.01 Å². The zero-order valence-corrected chi connectivity index (χ0v) is 15.7. The lowest BCUT2D eigenvalue weighted by Crippen LogP contribution is -2.31. The highest BCUT2D eigenvalue weighted by atomic mass is 32.2. The molecule has 11 heteroatoms. The lowest BCUT2D eigenvalue weighted by Gasteiger charge is -2.20. The number of rotatable bonds is 8. The van der Waals surface area contributed by atoms with E-state index in [1.165, 1.54) is 28.9 Å². The fourth-order valence-corrected chi connectivity index (χ4v) is 4.51. The quantitative estimate of drug-likeness (QED) is 0.380. The number of sulfonamides is 1. The van der Waals surface area contributed by atoms with Crippen LogP contribution in [0.5, 0.6) is 0 Å². The number of hydrogen-bond acceptors (Lipinski definition) is 8. The number of hydrogen-bond donors (Lipinski definition) is 0. The summed E-state index contributed by atoms with van der Waals surface area (Å²) in [5, 5.41) is 12.7. The minimum atomic E-state index is -3.86. The van der Waals surface area contributed by atoms with E-state index in [1.807, 2.05) is 6.92 Å². The molecule has 0 amide bonds. The Morgan fingerprint density at radius 2 is 2.00 bits per heavy atom. The number of nitro benzene ring substituents is 1. The van der Waals surface area contributed by atoms with Crippen molar-refractivity contribution >= 4 is 33.0 Å². The van der Waals surface area contributed by atoms with Gasteiger partial charge in [0.15, 0.2) is 5.69 Å². The zero-order chi connectivity index (χ0) is 19.3. The number of nitro groups is 1. The Bertz CT molecular complexity index is 892. The molecular weight excluding hydrogens is 382 g/mol. The average Bonchev–Trinajstić information content (AvgIpc) is 3.09. The molecule has 0 fully saturated rings. The van der Waals surface area contributed by atoms with Crippen molar-refractivity contribution in [1.82, 2.24) is 9.29 Å². The molecule has 1 aromatic heterocycles. The van der Waals surface area contributed by atoms with Crippen LogP contribution in [0.15, 0.2) is 34.5 Å². The van der Waals surface area contributed by atoms with Crippen LogP contribution in [0, 0.1) is 10.1 Å². The molecule has 0 N–H and O–H groups in total. The van der Waals surface area contributed by atoms with Gasteiger partial charge in [-0.25, -0.2) is 18.2 Å². The summed E-state index contributed by atoms with van der Waals surface area (Å²) in [6, 6.07) is 4.71. The molecule has 26 heavy (non-hydrogen) atoms. The van der Waals surface area contributed by atoms with Crippen LogP contribution in [-0.4, -0.2) is 42.3 Å². The van der Waals surface area contributed by atoms with Gasteiger partial charge in [0, 0.05) is 24.1 Å². The number of esters is 1. The molecule has 0 spiro atoms. The largest absolute Gasteiger partial charge is 0.464 e. The Morgan fingerprint density at radius 3 is 2.54 bits per heavy atom. The van der Waals surface area contributed by atoms with Crippen LogP contribution in [0.2, 0.25) is 0 Å². The number of carbonyl (C=O) groups excluding carboxylic acids is 1. The molecule has 2 rings (SSSR count). The Morgan fingerprint density at radius 1 is 1.35 bits per heavy atom. The van der Waals surface area contributed by atoms with Crippen molar-refractivity contribution in [2.24, 2.45) is 0 Å². The fourth-order valence-electron chi connectivity index (χ4n) is 2.16. The van der Waals surface area contributed by atoms with Crippen molar-refractivity contribution in [3.63, 3.8) is 0 Å². The predicted octanol–water partition coefficient (Wildman–Crippen LogP) is 2.44. The molecule has 0 radical (unpaired) electrons. The van der Waals surface area contributed by atoms with Crippen molar-refractivity contribution in [2.75, 3.05) is 13.7 Å². The second kappa shape index (κ2) is 8.34. The van der Waals surface area contributed by atoms with Gasteiger partial charge in [-0.05, 0) is 18.6 Å². The van der Waals surface area contributed by atoms with E-state index < -0.39 is 20.9 Å². The molecule has 1 aromatic carbocycles. The van der Waals surface area contributed by atoms with Gasteiger partial charge in [-0.3, -0.25) is 10.1 Å². The molecule has 2 aromatic rings. The molecule has 9 nitrogen and oxygen atoms in total. The van der Waals surface area contributed by atoms with Crippen LogP contribution >= 0.6 is 11.3 Å². The molecule has 1 heterocycles. The summed E-state index contributed by atoms with van der Waals surface area (Å²) in [4.78, 5) is 25.7. The van der Waals surface area contributed by atoms with E-state index in [0.717, 1.165) is 23.5 Å². The highest BCUT2D eigenvalue weighted by molar-refractivity contribution is 7.89. The summed E-state index contributed by atoms with van der Waals surface area (Å²) in [7, 11) is -2.62. The Hall–Kier alpha value is -2.37. The third-order valence-corrected chi connectivity index (χ3v) is 6.11. The maximum atomic E-state index is 12.8. The van der Waals surface area contributed by atoms with Crippen molar-refractivity contribution in [3.8, 4) is 0 Å². The Balaban J connectivity index is 2.28. The van der Waals surface area contributed by atoms with Crippen LogP contribution in [0.4, 0.5) is 5.69 Å². The van der Waals surface area contributed by atoms with Gasteiger partial charge in [0.2, 0.25) is 10.0 Å². The van der Waals surface area contributed by atoms with Crippen LogP contribution in [-0.2, 0) is 21.3 Å². The average molecular weight is 399 g/mol. The highest BCUT2D eigenvalue weighted by Crippen LogP contribution is 2.23. The summed E-state index contributed by atoms with van der Waals surface area (Å²) >= 11 is 1.16. The van der Waals surface area contributed by atoms with E-state index >= 15 is 0 Å². The van der Waals surface area contributed by atoms with E-state index in [9.17, 15) is 23.3 Å². The standard InChI is InChI=1S/C15H17N3O6S2/c1-3-8-17(9-14-16-13(10-25-14)15(19)24-2)26(22,23)12-6-4-11(5-7-12)18(20)21/h4-7,10H,3,8-9H2,1-2H3. The number of benzene rings is 1. The number of nitrogens with zero attached hydrogens (tertiary/aromatic N) is 3. The Kier molecular flexibility index (Phi) is 6.40. The fraction of sp³-hybridized carbons (Fsp3) is 0.333. The van der Waals surface area contributed by atoms with Crippen molar-refractivity contribution in [1.29, 1.82) is 0 Å². The minimum Gasteiger partial charge on any atom is -0.464 e. The molecular formula is C15H17N3O6S2. The Labute approximate surface area is 154 Å². The van der Waals surface area contributed by atoms with Crippen LogP contribution in [0.25, 0.3) is 0 Å². The highest BCUT2D eigenvalue weighted by Gasteiger charge is 2.26. The van der Waals surface area contributed by atoms with Crippen LogP contribution < -0.4 is 0 Å². The molecule has 0 aliphatic carbocycles. The molecule has 0 atom stereocenters.